The van der Waals surface area contributed by atoms with Crippen LogP contribution in [-0.4, -0.2) is 30.7 Å². The lowest BCUT2D eigenvalue weighted by Gasteiger charge is -2.26. The quantitative estimate of drug-likeness (QED) is 0.732. The van der Waals surface area contributed by atoms with Crippen LogP contribution in [0.25, 0.3) is 0 Å². The van der Waals surface area contributed by atoms with Crippen LogP contribution in [0.3, 0.4) is 0 Å². The number of amides is 2. The molecular formula is C24H31N3O. The first-order valence-corrected chi connectivity index (χ1v) is 10.7. The van der Waals surface area contributed by atoms with Crippen molar-refractivity contribution in [2.75, 3.05) is 6.54 Å². The van der Waals surface area contributed by atoms with Gasteiger partial charge in [0, 0.05) is 30.6 Å². The zero-order valence-corrected chi connectivity index (χ0v) is 16.4. The molecule has 0 spiro atoms. The van der Waals surface area contributed by atoms with Gasteiger partial charge in [-0.2, -0.15) is 0 Å². The lowest BCUT2D eigenvalue weighted by molar-refractivity contribution is 0.229. The Morgan fingerprint density at radius 2 is 1.39 bits per heavy atom. The van der Waals surface area contributed by atoms with Crippen LogP contribution in [0.2, 0.25) is 0 Å². The number of urea groups is 1. The monoisotopic (exact) mass is 377 g/mol. The number of carbonyl (C=O) groups is 1. The van der Waals surface area contributed by atoms with Gasteiger partial charge in [-0.3, -0.25) is 0 Å². The number of carbonyl (C=O) groups excluding carboxylic acids is 1. The molecule has 148 valence electrons. The maximum absolute atomic E-state index is 12.4. The molecule has 4 nitrogen and oxygen atoms in total. The van der Waals surface area contributed by atoms with Gasteiger partial charge in [-0.1, -0.05) is 79.9 Å². The van der Waals surface area contributed by atoms with Crippen molar-refractivity contribution in [2.45, 2.75) is 62.6 Å². The average Bonchev–Trinajstić information content (AvgIpc) is 3.18. The van der Waals surface area contributed by atoms with Crippen LogP contribution in [-0.2, 0) is 0 Å². The van der Waals surface area contributed by atoms with E-state index < -0.39 is 0 Å². The maximum Gasteiger partial charge on any atom is 0.315 e. The van der Waals surface area contributed by atoms with Crippen molar-refractivity contribution in [2.24, 2.45) is 0 Å². The molecule has 3 N–H and O–H groups in total. The highest BCUT2D eigenvalue weighted by Crippen LogP contribution is 2.32. The van der Waals surface area contributed by atoms with E-state index in [1.807, 2.05) is 0 Å². The van der Waals surface area contributed by atoms with E-state index in [0.717, 1.165) is 25.8 Å². The van der Waals surface area contributed by atoms with Crippen molar-refractivity contribution >= 4 is 6.03 Å². The van der Waals surface area contributed by atoms with Gasteiger partial charge in [0.15, 0.2) is 0 Å². The summed E-state index contributed by atoms with van der Waals surface area (Å²) in [5.41, 5.74) is 2.64. The molecule has 2 fully saturated rings. The van der Waals surface area contributed by atoms with E-state index in [1.54, 1.807) is 0 Å². The third-order valence-corrected chi connectivity index (χ3v) is 6.16. The Balaban J connectivity index is 1.40. The number of nitrogens with one attached hydrogen (secondary N) is 3. The molecule has 1 saturated carbocycles. The van der Waals surface area contributed by atoms with Crippen molar-refractivity contribution in [1.82, 2.24) is 16.0 Å². The van der Waals surface area contributed by atoms with Crippen LogP contribution < -0.4 is 16.0 Å². The summed E-state index contributed by atoms with van der Waals surface area (Å²) in [5.74, 6) is 0.288. The van der Waals surface area contributed by atoms with Gasteiger partial charge < -0.3 is 16.0 Å². The molecule has 1 saturated heterocycles. The van der Waals surface area contributed by atoms with Crippen LogP contribution >= 0.6 is 0 Å². The summed E-state index contributed by atoms with van der Waals surface area (Å²) in [6.07, 6.45) is 6.93. The highest BCUT2D eigenvalue weighted by atomic mass is 16.2. The first kappa shape index (κ1) is 19.0. The van der Waals surface area contributed by atoms with Crippen LogP contribution in [0.1, 0.15) is 55.6 Å². The molecule has 2 aromatic rings. The molecule has 28 heavy (non-hydrogen) atoms. The van der Waals surface area contributed by atoms with Crippen LogP contribution in [0.5, 0.6) is 0 Å². The molecule has 1 aliphatic carbocycles. The summed E-state index contributed by atoms with van der Waals surface area (Å²) in [5, 5.41) is 10.0. The number of hydrogen-bond acceptors (Lipinski definition) is 2. The second-order valence-corrected chi connectivity index (χ2v) is 8.20. The number of benzene rings is 2. The molecule has 2 amide bonds. The fourth-order valence-corrected chi connectivity index (χ4v) is 4.77. The third kappa shape index (κ3) is 4.74. The van der Waals surface area contributed by atoms with E-state index in [0.29, 0.717) is 12.1 Å². The minimum absolute atomic E-state index is 0.00433. The normalized spacial score (nSPS) is 22.9. The molecule has 2 aliphatic rings. The molecule has 0 bridgehead atoms. The van der Waals surface area contributed by atoms with Gasteiger partial charge in [0.1, 0.15) is 0 Å². The van der Waals surface area contributed by atoms with Crippen molar-refractivity contribution < 1.29 is 4.79 Å². The van der Waals surface area contributed by atoms with E-state index >= 15 is 0 Å². The predicted molar refractivity (Wildman–Crippen MR) is 113 cm³/mol. The Kier molecular flexibility index (Phi) is 6.27. The van der Waals surface area contributed by atoms with E-state index in [4.69, 9.17) is 0 Å². The largest absolute Gasteiger partial charge is 0.335 e. The van der Waals surface area contributed by atoms with Gasteiger partial charge >= 0.3 is 6.03 Å². The first-order valence-electron chi connectivity index (χ1n) is 10.7. The van der Waals surface area contributed by atoms with Crippen LogP contribution in [0.4, 0.5) is 4.79 Å². The van der Waals surface area contributed by atoms with Crippen molar-refractivity contribution in [3.63, 3.8) is 0 Å². The summed E-state index contributed by atoms with van der Waals surface area (Å²) < 4.78 is 0. The Morgan fingerprint density at radius 1 is 0.821 bits per heavy atom. The highest BCUT2D eigenvalue weighted by molar-refractivity contribution is 5.74. The second-order valence-electron chi connectivity index (χ2n) is 8.20. The van der Waals surface area contributed by atoms with Gasteiger partial charge in [0.25, 0.3) is 0 Å². The SMILES string of the molecule is O=C(NC1CCCCC1)N[C@H]1CN[C@@H](C(c2ccccc2)c2ccccc2)C1. The minimum Gasteiger partial charge on any atom is -0.335 e. The molecule has 1 heterocycles. The Hall–Kier alpha value is -2.33. The summed E-state index contributed by atoms with van der Waals surface area (Å²) in [4.78, 5) is 12.4. The molecule has 1 aliphatic heterocycles. The standard InChI is InChI=1S/C24H31N3O/c28-24(26-20-14-8-3-9-15-20)27-21-16-22(25-17-21)23(18-10-4-1-5-11-18)19-12-6-2-7-13-19/h1-2,4-7,10-13,20-23,25H,3,8-9,14-17H2,(H2,26,27,28)/t21-,22-/m1/s1. The molecule has 2 atom stereocenters. The Bertz CT molecular complexity index is 703. The van der Waals surface area contributed by atoms with Gasteiger partial charge in [-0.15, -0.1) is 0 Å². The Morgan fingerprint density at radius 3 is 2.00 bits per heavy atom. The highest BCUT2D eigenvalue weighted by Gasteiger charge is 2.33. The van der Waals surface area contributed by atoms with Crippen molar-refractivity contribution in [1.29, 1.82) is 0 Å². The zero-order chi connectivity index (χ0) is 19.2. The van der Waals surface area contributed by atoms with Crippen LogP contribution in [0, 0.1) is 0 Å². The topological polar surface area (TPSA) is 53.2 Å². The van der Waals surface area contributed by atoms with Crippen molar-refractivity contribution in [3.8, 4) is 0 Å². The average molecular weight is 378 g/mol. The molecule has 0 radical (unpaired) electrons. The molecule has 2 aromatic carbocycles. The van der Waals surface area contributed by atoms with Gasteiger partial charge in [0.05, 0.1) is 0 Å². The van der Waals surface area contributed by atoms with Gasteiger partial charge in [-0.05, 0) is 30.4 Å². The van der Waals surface area contributed by atoms with Crippen molar-refractivity contribution in [3.05, 3.63) is 71.8 Å². The molecule has 0 unspecified atom stereocenters. The maximum atomic E-state index is 12.4. The molecule has 0 aromatic heterocycles. The van der Waals surface area contributed by atoms with Crippen LogP contribution in [0.15, 0.2) is 60.7 Å². The van der Waals surface area contributed by atoms with Gasteiger partial charge in [-0.25, -0.2) is 4.79 Å². The predicted octanol–water partition coefficient (Wildman–Crippen LogP) is 4.18. The first-order chi connectivity index (χ1) is 13.8. The lowest BCUT2D eigenvalue weighted by Crippen LogP contribution is -2.47. The van der Waals surface area contributed by atoms with E-state index in [9.17, 15) is 4.79 Å². The third-order valence-electron chi connectivity index (χ3n) is 6.16. The summed E-state index contributed by atoms with van der Waals surface area (Å²) >= 11 is 0. The smallest absolute Gasteiger partial charge is 0.315 e. The van der Waals surface area contributed by atoms with E-state index in [2.05, 4.69) is 76.6 Å². The number of rotatable bonds is 5. The van der Waals surface area contributed by atoms with E-state index in [1.165, 1.54) is 30.4 Å². The summed E-state index contributed by atoms with van der Waals surface area (Å²) in [6.45, 7) is 0.818. The fourth-order valence-electron chi connectivity index (χ4n) is 4.77. The molecule has 4 heteroatoms. The summed E-state index contributed by atoms with van der Waals surface area (Å²) in [7, 11) is 0. The summed E-state index contributed by atoms with van der Waals surface area (Å²) in [6, 6.07) is 22.2. The molecular weight excluding hydrogens is 346 g/mol. The van der Waals surface area contributed by atoms with Gasteiger partial charge in [0.2, 0.25) is 0 Å². The number of hydrogen-bond donors (Lipinski definition) is 3. The lowest BCUT2D eigenvalue weighted by atomic mass is 9.84. The second kappa shape index (κ2) is 9.24. The molecule has 4 rings (SSSR count). The van der Waals surface area contributed by atoms with E-state index in [-0.39, 0.29) is 18.0 Å². The minimum atomic E-state index is -0.00433. The zero-order valence-electron chi connectivity index (χ0n) is 16.4. The fraction of sp³-hybridized carbons (Fsp3) is 0.458. The Labute approximate surface area is 168 Å².